The molecule has 0 saturated carbocycles. The molecule has 1 N–H and O–H groups in total. The van der Waals surface area contributed by atoms with Crippen molar-refractivity contribution >= 4 is 12.0 Å². The van der Waals surface area contributed by atoms with Crippen LogP contribution in [0.2, 0.25) is 0 Å². The van der Waals surface area contributed by atoms with Crippen LogP contribution in [0, 0.1) is 0 Å². The summed E-state index contributed by atoms with van der Waals surface area (Å²) >= 11 is 0. The zero-order valence-corrected chi connectivity index (χ0v) is 12.7. The number of allylic oxidation sites excluding steroid dienone is 4. The van der Waals surface area contributed by atoms with Crippen molar-refractivity contribution in [1.82, 2.24) is 0 Å². The third-order valence-electron chi connectivity index (χ3n) is 2.13. The Balaban J connectivity index is 0. The van der Waals surface area contributed by atoms with Crippen LogP contribution in [0.25, 0.3) is 6.08 Å². The van der Waals surface area contributed by atoms with Crippen LogP contribution in [-0.4, -0.2) is 11.1 Å². The average molecular weight is 284 g/mol. The maximum Gasteiger partial charge on any atom is 0.330 e. The summed E-state index contributed by atoms with van der Waals surface area (Å²) in [5.74, 6) is -0.864. The molecule has 0 aromatic heterocycles. The smallest absolute Gasteiger partial charge is 0.330 e. The molecule has 1 rings (SSSR count). The predicted molar refractivity (Wildman–Crippen MR) is 93.1 cm³/mol. The summed E-state index contributed by atoms with van der Waals surface area (Å²) in [6, 6.07) is 10.0. The highest BCUT2D eigenvalue weighted by Gasteiger charge is 1.95. The predicted octanol–water partition coefficient (Wildman–Crippen LogP) is 5.28. The van der Waals surface area contributed by atoms with Crippen molar-refractivity contribution in [3.8, 4) is 0 Å². The van der Waals surface area contributed by atoms with E-state index in [0.29, 0.717) is 12.0 Å². The lowest BCUT2D eigenvalue weighted by molar-refractivity contribution is -0.132. The molecule has 2 nitrogen and oxygen atoms in total. The lowest BCUT2D eigenvalue weighted by Gasteiger charge is -1.87. The van der Waals surface area contributed by atoms with Crippen LogP contribution in [0.3, 0.4) is 0 Å². The van der Waals surface area contributed by atoms with Gasteiger partial charge < -0.3 is 5.11 Å². The van der Waals surface area contributed by atoms with E-state index in [9.17, 15) is 4.79 Å². The highest BCUT2D eigenvalue weighted by molar-refractivity contribution is 5.85. The monoisotopic (exact) mass is 284 g/mol. The Morgan fingerprint density at radius 2 is 1.62 bits per heavy atom. The van der Waals surface area contributed by atoms with Gasteiger partial charge in [0.2, 0.25) is 0 Å². The number of carbonyl (C=O) groups is 1. The first-order valence-corrected chi connectivity index (χ1v) is 6.45. The summed E-state index contributed by atoms with van der Waals surface area (Å²) in [4.78, 5) is 10.1. The molecule has 0 radical (unpaired) electrons. The molecule has 0 aliphatic rings. The third kappa shape index (κ3) is 15.3. The van der Waals surface area contributed by atoms with Crippen LogP contribution in [0.15, 0.2) is 86.5 Å². The molecule has 0 fully saturated rings. The molecule has 1 aromatic carbocycles. The molecular weight excluding hydrogens is 260 g/mol. The minimum Gasteiger partial charge on any atom is -0.478 e. The molecule has 0 spiro atoms. The molecular formula is C19H24O2. The van der Waals surface area contributed by atoms with Crippen molar-refractivity contribution in [2.75, 3.05) is 0 Å². The standard InChI is InChI=1S/C8H8.C7H10O2.C4H6/c1-2-8-6-4-3-5-7-8;1-3-4-5-6(2)7(8)9;1-3-4-2/h2-7H,1H2;3,5H,1,4H2,2H3,(H,8,9);3-4H,1-2H2. The number of benzene rings is 1. The Morgan fingerprint density at radius 3 is 1.90 bits per heavy atom. The van der Waals surface area contributed by atoms with Gasteiger partial charge in [-0.3, -0.25) is 0 Å². The number of aliphatic carboxylic acids is 1. The van der Waals surface area contributed by atoms with Crippen LogP contribution < -0.4 is 0 Å². The van der Waals surface area contributed by atoms with Gasteiger partial charge in [0.15, 0.2) is 0 Å². The highest BCUT2D eigenvalue weighted by atomic mass is 16.4. The molecule has 21 heavy (non-hydrogen) atoms. The molecule has 0 aliphatic heterocycles. The highest BCUT2D eigenvalue weighted by Crippen LogP contribution is 1.97. The second-order valence-corrected chi connectivity index (χ2v) is 3.80. The van der Waals surface area contributed by atoms with Gasteiger partial charge in [0.05, 0.1) is 0 Å². The largest absolute Gasteiger partial charge is 0.478 e. The van der Waals surface area contributed by atoms with E-state index < -0.39 is 5.97 Å². The van der Waals surface area contributed by atoms with Crippen molar-refractivity contribution in [1.29, 1.82) is 0 Å². The lowest BCUT2D eigenvalue weighted by atomic mass is 10.2. The van der Waals surface area contributed by atoms with E-state index in [0.717, 1.165) is 0 Å². The molecule has 0 amide bonds. The van der Waals surface area contributed by atoms with Crippen molar-refractivity contribution in [2.24, 2.45) is 0 Å². The van der Waals surface area contributed by atoms with E-state index in [1.807, 2.05) is 36.4 Å². The topological polar surface area (TPSA) is 37.3 Å². The number of carboxylic acid groups (broad SMARTS) is 1. The third-order valence-corrected chi connectivity index (χ3v) is 2.13. The van der Waals surface area contributed by atoms with Crippen molar-refractivity contribution in [2.45, 2.75) is 13.3 Å². The average Bonchev–Trinajstić information content (AvgIpc) is 2.54. The van der Waals surface area contributed by atoms with Crippen molar-refractivity contribution in [3.05, 3.63) is 92.1 Å². The van der Waals surface area contributed by atoms with E-state index in [1.165, 1.54) is 5.56 Å². The van der Waals surface area contributed by atoms with E-state index in [4.69, 9.17) is 5.11 Å². The van der Waals surface area contributed by atoms with E-state index in [-0.39, 0.29) is 0 Å². The summed E-state index contributed by atoms with van der Waals surface area (Å²) in [7, 11) is 0. The van der Waals surface area contributed by atoms with Crippen LogP contribution in [0.5, 0.6) is 0 Å². The molecule has 0 saturated heterocycles. The molecule has 0 bridgehead atoms. The van der Waals surface area contributed by atoms with E-state index in [2.05, 4.69) is 26.3 Å². The normalized spacial score (nSPS) is 8.90. The number of rotatable bonds is 5. The molecule has 0 unspecified atom stereocenters. The van der Waals surface area contributed by atoms with Gasteiger partial charge in [-0.25, -0.2) is 4.79 Å². The fraction of sp³-hybridized carbons (Fsp3) is 0.105. The van der Waals surface area contributed by atoms with Gasteiger partial charge in [0.25, 0.3) is 0 Å². The minimum absolute atomic E-state index is 0.370. The van der Waals surface area contributed by atoms with Gasteiger partial charge in [-0.1, -0.05) is 80.4 Å². The Labute approximate surface area is 128 Å². The molecule has 0 aliphatic carbocycles. The molecule has 112 valence electrons. The molecule has 2 heteroatoms. The zero-order valence-electron chi connectivity index (χ0n) is 12.7. The Bertz CT molecular complexity index is 462. The van der Waals surface area contributed by atoms with Gasteiger partial charge in [0, 0.05) is 5.57 Å². The summed E-state index contributed by atoms with van der Waals surface area (Å²) in [6.07, 6.45) is 9.01. The zero-order chi connectivity index (χ0) is 16.5. The quantitative estimate of drug-likeness (QED) is 0.453. The summed E-state index contributed by atoms with van der Waals surface area (Å²) in [6.45, 7) is 15.4. The van der Waals surface area contributed by atoms with Gasteiger partial charge in [-0.15, -0.1) is 6.58 Å². The minimum atomic E-state index is -0.864. The summed E-state index contributed by atoms with van der Waals surface area (Å²) < 4.78 is 0. The van der Waals surface area contributed by atoms with Crippen LogP contribution >= 0.6 is 0 Å². The first kappa shape index (κ1) is 20.7. The molecule has 1 aromatic rings. The van der Waals surface area contributed by atoms with Crippen LogP contribution in [0.4, 0.5) is 0 Å². The van der Waals surface area contributed by atoms with Crippen LogP contribution in [-0.2, 0) is 4.79 Å². The Hall–Kier alpha value is -2.61. The number of hydrogen-bond acceptors (Lipinski definition) is 1. The molecule has 0 atom stereocenters. The second-order valence-electron chi connectivity index (χ2n) is 3.80. The summed E-state index contributed by atoms with van der Waals surface area (Å²) in [5, 5.41) is 8.31. The lowest BCUT2D eigenvalue weighted by Crippen LogP contribution is -1.94. The summed E-state index contributed by atoms with van der Waals surface area (Å²) in [5.41, 5.74) is 1.54. The van der Waals surface area contributed by atoms with Gasteiger partial charge in [0.1, 0.15) is 0 Å². The second kappa shape index (κ2) is 15.4. The van der Waals surface area contributed by atoms with Crippen LogP contribution in [0.1, 0.15) is 18.9 Å². The fourth-order valence-corrected chi connectivity index (χ4v) is 0.937. The van der Waals surface area contributed by atoms with Crippen molar-refractivity contribution in [3.63, 3.8) is 0 Å². The first-order chi connectivity index (χ1) is 10.0. The van der Waals surface area contributed by atoms with Gasteiger partial charge in [-0.2, -0.15) is 0 Å². The fourth-order valence-electron chi connectivity index (χ4n) is 0.937. The van der Waals surface area contributed by atoms with Crippen molar-refractivity contribution < 1.29 is 9.90 Å². The maximum atomic E-state index is 10.1. The Kier molecular flexibility index (Phi) is 15.2. The maximum absolute atomic E-state index is 10.1. The first-order valence-electron chi connectivity index (χ1n) is 6.45. The number of hydrogen-bond donors (Lipinski definition) is 1. The Morgan fingerprint density at radius 1 is 1.10 bits per heavy atom. The van der Waals surface area contributed by atoms with E-state index >= 15 is 0 Å². The molecule has 0 heterocycles. The van der Waals surface area contributed by atoms with Gasteiger partial charge >= 0.3 is 5.97 Å². The van der Waals surface area contributed by atoms with E-state index in [1.54, 1.807) is 31.2 Å². The SMILES string of the molecule is C=CC=C.C=CCC=C(C)C(=O)O.C=Cc1ccccc1. The van der Waals surface area contributed by atoms with Gasteiger partial charge in [-0.05, 0) is 18.9 Å². The number of carboxylic acids is 1.